The Morgan fingerprint density at radius 1 is 0.857 bits per heavy atom. The van der Waals surface area contributed by atoms with Gasteiger partial charge in [-0.3, -0.25) is 0 Å². The number of hydrogen-bond acceptors (Lipinski definition) is 5. The average Bonchev–Trinajstić information content (AvgIpc) is 3.29. The van der Waals surface area contributed by atoms with Gasteiger partial charge in [0.2, 0.25) is 5.71 Å². The van der Waals surface area contributed by atoms with Crippen molar-refractivity contribution in [1.82, 2.24) is 24.5 Å². The highest BCUT2D eigenvalue weighted by atomic mass is 16.3. The average molecular weight is 470 g/mol. The van der Waals surface area contributed by atoms with Gasteiger partial charge in [0.25, 0.3) is 5.82 Å². The maximum Gasteiger partial charge on any atom is 0.288 e. The molecular formula is C28H33N6O+. The molecule has 7 nitrogen and oxygen atoms in total. The molecule has 4 aromatic heterocycles. The zero-order valence-electron chi connectivity index (χ0n) is 22.1. The zero-order chi connectivity index (χ0) is 25.3. The molecule has 0 aliphatic heterocycles. The van der Waals surface area contributed by atoms with Crippen LogP contribution in [0.4, 0.5) is 0 Å². The van der Waals surface area contributed by atoms with Gasteiger partial charge < -0.3 is 4.42 Å². The minimum atomic E-state index is -0.206. The Hall–Kier alpha value is -3.61. The third kappa shape index (κ3) is 3.99. The second kappa shape index (κ2) is 7.70. The molecule has 5 aromatic rings. The molecule has 0 saturated carbocycles. The first-order valence-electron chi connectivity index (χ1n) is 12.0. The Morgan fingerprint density at radius 3 is 2.09 bits per heavy atom. The number of fused-ring (bicyclic) bond motifs is 3. The second-order valence-electron chi connectivity index (χ2n) is 11.5. The van der Waals surface area contributed by atoms with Crippen molar-refractivity contribution in [3.63, 3.8) is 0 Å². The van der Waals surface area contributed by atoms with Gasteiger partial charge in [-0.1, -0.05) is 41.5 Å². The molecule has 0 aliphatic carbocycles. The van der Waals surface area contributed by atoms with E-state index in [4.69, 9.17) is 24.4 Å². The molecule has 35 heavy (non-hydrogen) atoms. The number of hydrogen-bond donors (Lipinski definition) is 0. The molecule has 0 unspecified atom stereocenters. The van der Waals surface area contributed by atoms with Crippen LogP contribution < -0.4 is 4.57 Å². The van der Waals surface area contributed by atoms with Gasteiger partial charge in [0.15, 0.2) is 5.82 Å². The lowest BCUT2D eigenvalue weighted by Crippen LogP contribution is -2.29. The van der Waals surface area contributed by atoms with E-state index in [0.29, 0.717) is 17.2 Å². The van der Waals surface area contributed by atoms with Gasteiger partial charge in [0.05, 0.1) is 19.7 Å². The molecular weight excluding hydrogens is 436 g/mol. The number of imidazole rings is 1. The fraction of sp³-hybridized carbons (Fsp3) is 0.393. The molecule has 0 saturated heterocycles. The molecule has 180 valence electrons. The normalized spacial score (nSPS) is 12.7. The minimum absolute atomic E-state index is 0.206. The van der Waals surface area contributed by atoms with Crippen LogP contribution in [-0.2, 0) is 24.9 Å². The molecule has 0 fully saturated rings. The Balaban J connectivity index is 1.68. The van der Waals surface area contributed by atoms with Crippen molar-refractivity contribution in [2.75, 3.05) is 0 Å². The monoisotopic (exact) mass is 469 g/mol. The largest absolute Gasteiger partial charge is 0.438 e. The van der Waals surface area contributed by atoms with Crippen LogP contribution in [0.1, 0.15) is 58.8 Å². The molecule has 7 heteroatoms. The molecule has 0 aliphatic rings. The van der Waals surface area contributed by atoms with Gasteiger partial charge in [0.1, 0.15) is 35.3 Å². The third-order valence-electron chi connectivity index (χ3n) is 6.31. The highest BCUT2D eigenvalue weighted by Crippen LogP contribution is 2.34. The van der Waals surface area contributed by atoms with Crippen molar-refractivity contribution < 1.29 is 8.98 Å². The SMILES string of the molecule is Cc1cc2c(cc1-c1n(C)cc[n+]1C)oc1nc(-c3nc(C(C)(C)C)nc(C(C)(C)C)n3)ccc12. The first-order valence-corrected chi connectivity index (χ1v) is 12.0. The van der Waals surface area contributed by atoms with Crippen LogP contribution in [0.15, 0.2) is 41.1 Å². The van der Waals surface area contributed by atoms with Crippen molar-refractivity contribution in [2.24, 2.45) is 14.1 Å². The standard InChI is InChI=1S/C28H33N6O/c1-16-14-19-17-10-11-20(22-30-25(27(2,3)4)32-26(31-22)28(5,6)7)29-23(17)35-21(19)15-18(16)24-33(8)12-13-34(24)9/h10-15H,1-9H3/q+1. The van der Waals surface area contributed by atoms with E-state index < -0.39 is 0 Å². The second-order valence-corrected chi connectivity index (χ2v) is 11.5. The van der Waals surface area contributed by atoms with Crippen LogP contribution in [0.5, 0.6) is 0 Å². The highest BCUT2D eigenvalue weighted by molar-refractivity contribution is 6.05. The number of pyridine rings is 1. The Bertz CT molecular complexity index is 1540. The quantitative estimate of drug-likeness (QED) is 0.316. The van der Waals surface area contributed by atoms with Crippen LogP contribution >= 0.6 is 0 Å². The maximum atomic E-state index is 6.28. The van der Waals surface area contributed by atoms with Gasteiger partial charge in [-0.05, 0) is 36.8 Å². The lowest BCUT2D eigenvalue weighted by atomic mass is 9.93. The Morgan fingerprint density at radius 2 is 1.51 bits per heavy atom. The molecule has 1 aromatic carbocycles. The van der Waals surface area contributed by atoms with Crippen LogP contribution in [0.25, 0.3) is 45.0 Å². The highest BCUT2D eigenvalue weighted by Gasteiger charge is 2.26. The van der Waals surface area contributed by atoms with Crippen molar-refractivity contribution in [3.05, 3.63) is 53.9 Å². The number of aromatic nitrogens is 6. The fourth-order valence-corrected chi connectivity index (χ4v) is 4.31. The smallest absolute Gasteiger partial charge is 0.288 e. The molecule has 0 N–H and O–H groups in total. The summed E-state index contributed by atoms with van der Waals surface area (Å²) in [5, 5.41) is 2.04. The van der Waals surface area contributed by atoms with Gasteiger partial charge in [-0.15, -0.1) is 0 Å². The Labute approximate surface area is 205 Å². The lowest BCUT2D eigenvalue weighted by Gasteiger charge is -2.22. The lowest BCUT2D eigenvalue weighted by molar-refractivity contribution is -0.659. The van der Waals surface area contributed by atoms with E-state index in [1.807, 2.05) is 6.07 Å². The molecule has 4 heterocycles. The minimum Gasteiger partial charge on any atom is -0.438 e. The molecule has 0 bridgehead atoms. The number of rotatable bonds is 2. The summed E-state index contributed by atoms with van der Waals surface area (Å²) >= 11 is 0. The number of benzene rings is 1. The predicted octanol–water partition coefficient (Wildman–Crippen LogP) is 5.57. The van der Waals surface area contributed by atoms with Gasteiger partial charge in [-0.2, -0.15) is 0 Å². The van der Waals surface area contributed by atoms with Crippen LogP contribution in [0, 0.1) is 6.92 Å². The van der Waals surface area contributed by atoms with Gasteiger partial charge in [0, 0.05) is 21.6 Å². The number of furan rings is 1. The topological polar surface area (TPSA) is 73.5 Å². The summed E-state index contributed by atoms with van der Waals surface area (Å²) in [5.41, 5.74) is 3.98. The number of nitrogens with zero attached hydrogens (tertiary/aromatic N) is 6. The predicted molar refractivity (Wildman–Crippen MR) is 138 cm³/mol. The summed E-state index contributed by atoms with van der Waals surface area (Å²) in [6.45, 7) is 14.8. The van der Waals surface area contributed by atoms with Crippen LogP contribution in [-0.4, -0.2) is 24.5 Å². The summed E-state index contributed by atoms with van der Waals surface area (Å²) in [4.78, 5) is 19.2. The van der Waals surface area contributed by atoms with Crippen molar-refractivity contribution in [1.29, 1.82) is 0 Å². The van der Waals surface area contributed by atoms with Crippen molar-refractivity contribution in [3.8, 4) is 22.9 Å². The number of aryl methyl sites for hydroxylation is 3. The van der Waals surface area contributed by atoms with E-state index in [9.17, 15) is 0 Å². The molecule has 0 spiro atoms. The molecule has 0 atom stereocenters. The Kier molecular flexibility index (Phi) is 5.09. The van der Waals surface area contributed by atoms with E-state index in [2.05, 4.69) is 102 Å². The molecule has 0 amide bonds. The first kappa shape index (κ1) is 23.1. The van der Waals surface area contributed by atoms with Crippen molar-refractivity contribution in [2.45, 2.75) is 59.3 Å². The van der Waals surface area contributed by atoms with Crippen LogP contribution in [0.2, 0.25) is 0 Å². The van der Waals surface area contributed by atoms with Crippen LogP contribution in [0.3, 0.4) is 0 Å². The van der Waals surface area contributed by atoms with E-state index in [1.54, 1.807) is 0 Å². The van der Waals surface area contributed by atoms with Crippen molar-refractivity contribution >= 4 is 22.1 Å². The summed E-state index contributed by atoms with van der Waals surface area (Å²) in [6, 6.07) is 8.33. The summed E-state index contributed by atoms with van der Waals surface area (Å²) < 4.78 is 10.5. The van der Waals surface area contributed by atoms with E-state index in [0.717, 1.165) is 39.4 Å². The molecule has 5 rings (SSSR count). The first-order chi connectivity index (χ1) is 16.3. The molecule has 0 radical (unpaired) electrons. The summed E-state index contributed by atoms with van der Waals surface area (Å²) in [7, 11) is 4.11. The zero-order valence-corrected chi connectivity index (χ0v) is 22.1. The fourth-order valence-electron chi connectivity index (χ4n) is 4.31. The van der Waals surface area contributed by atoms with E-state index >= 15 is 0 Å². The van der Waals surface area contributed by atoms with E-state index in [1.165, 1.54) is 5.56 Å². The van der Waals surface area contributed by atoms with Gasteiger partial charge in [-0.25, -0.2) is 29.1 Å². The van der Waals surface area contributed by atoms with Gasteiger partial charge >= 0.3 is 0 Å². The summed E-state index contributed by atoms with van der Waals surface area (Å²) in [5.74, 6) is 3.21. The van der Waals surface area contributed by atoms with E-state index in [-0.39, 0.29) is 10.8 Å². The maximum absolute atomic E-state index is 6.28. The summed E-state index contributed by atoms with van der Waals surface area (Å²) in [6.07, 6.45) is 4.11. The third-order valence-corrected chi connectivity index (χ3v) is 6.31.